The molecule has 0 atom stereocenters. The minimum Gasteiger partial charge on any atom is -0.326 e. The third-order valence-corrected chi connectivity index (χ3v) is 2.92. The van der Waals surface area contributed by atoms with Crippen molar-refractivity contribution in [1.29, 1.82) is 0 Å². The highest BCUT2D eigenvalue weighted by molar-refractivity contribution is 9.10. The van der Waals surface area contributed by atoms with E-state index in [0.29, 0.717) is 0 Å². The van der Waals surface area contributed by atoms with Gasteiger partial charge in [0, 0.05) is 23.2 Å². The van der Waals surface area contributed by atoms with E-state index in [4.69, 9.17) is 0 Å². The van der Waals surface area contributed by atoms with Gasteiger partial charge in [-0.15, -0.1) is 0 Å². The van der Waals surface area contributed by atoms with Crippen LogP contribution in [0.15, 0.2) is 22.7 Å². The van der Waals surface area contributed by atoms with Crippen LogP contribution in [-0.2, 0) is 4.79 Å². The summed E-state index contributed by atoms with van der Waals surface area (Å²) in [6.45, 7) is 3.59. The number of benzene rings is 1. The molecule has 0 spiro atoms. The Balaban J connectivity index is 2.06. The number of carbonyl (C=O) groups excluding carboxylic acids is 1. The van der Waals surface area contributed by atoms with Crippen molar-refractivity contribution in [1.82, 2.24) is 5.32 Å². The second-order valence-electron chi connectivity index (χ2n) is 3.86. The molecule has 0 bridgehead atoms. The molecule has 1 aliphatic heterocycles. The summed E-state index contributed by atoms with van der Waals surface area (Å²) in [5, 5.41) is 6.00. The molecule has 0 saturated carbocycles. The van der Waals surface area contributed by atoms with Gasteiger partial charge in [-0.3, -0.25) is 4.79 Å². The average molecular weight is 269 g/mol. The van der Waals surface area contributed by atoms with Crippen LogP contribution in [-0.4, -0.2) is 19.0 Å². The highest BCUT2D eigenvalue weighted by atomic mass is 79.9. The number of halogens is 1. The molecule has 4 heteroatoms. The van der Waals surface area contributed by atoms with E-state index in [9.17, 15) is 4.79 Å². The number of amides is 1. The van der Waals surface area contributed by atoms with E-state index < -0.39 is 0 Å². The van der Waals surface area contributed by atoms with Crippen LogP contribution in [0.2, 0.25) is 0 Å². The van der Waals surface area contributed by atoms with Crippen molar-refractivity contribution in [2.24, 2.45) is 5.92 Å². The zero-order chi connectivity index (χ0) is 10.8. The Kier molecular flexibility index (Phi) is 3.07. The van der Waals surface area contributed by atoms with E-state index in [1.165, 1.54) is 0 Å². The molecule has 1 amide bonds. The fourth-order valence-corrected chi connectivity index (χ4v) is 2.13. The molecule has 3 nitrogen and oxygen atoms in total. The van der Waals surface area contributed by atoms with Gasteiger partial charge in [-0.2, -0.15) is 0 Å². The second kappa shape index (κ2) is 4.33. The SMILES string of the molecule is Cc1cc(Br)cc(NC(=O)C2CNC2)c1. The van der Waals surface area contributed by atoms with Gasteiger partial charge in [0.05, 0.1) is 5.92 Å². The topological polar surface area (TPSA) is 41.1 Å². The van der Waals surface area contributed by atoms with Crippen LogP contribution >= 0.6 is 15.9 Å². The quantitative estimate of drug-likeness (QED) is 0.861. The lowest BCUT2D eigenvalue weighted by molar-refractivity contribution is -0.121. The van der Waals surface area contributed by atoms with Gasteiger partial charge in [-0.25, -0.2) is 0 Å². The molecular formula is C11H13BrN2O. The van der Waals surface area contributed by atoms with Gasteiger partial charge in [0.1, 0.15) is 0 Å². The standard InChI is InChI=1S/C11H13BrN2O/c1-7-2-9(12)4-10(3-7)14-11(15)8-5-13-6-8/h2-4,8,13H,5-6H2,1H3,(H,14,15). The number of hydrogen-bond donors (Lipinski definition) is 2. The average Bonchev–Trinajstić information content (AvgIpc) is 1.96. The Labute approximate surface area is 97.4 Å². The number of anilines is 1. The Hall–Kier alpha value is -0.870. The van der Waals surface area contributed by atoms with Crippen molar-refractivity contribution in [2.45, 2.75) is 6.92 Å². The van der Waals surface area contributed by atoms with Crippen LogP contribution in [0.4, 0.5) is 5.69 Å². The Morgan fingerprint density at radius 1 is 1.47 bits per heavy atom. The zero-order valence-electron chi connectivity index (χ0n) is 8.51. The van der Waals surface area contributed by atoms with Crippen LogP contribution in [0.3, 0.4) is 0 Å². The molecule has 0 radical (unpaired) electrons. The van der Waals surface area contributed by atoms with Crippen LogP contribution in [0, 0.1) is 12.8 Å². The van der Waals surface area contributed by atoms with Crippen molar-refractivity contribution in [3.63, 3.8) is 0 Å². The monoisotopic (exact) mass is 268 g/mol. The van der Waals surface area contributed by atoms with Gasteiger partial charge >= 0.3 is 0 Å². The van der Waals surface area contributed by atoms with Crippen molar-refractivity contribution in [2.75, 3.05) is 18.4 Å². The summed E-state index contributed by atoms with van der Waals surface area (Å²) in [6, 6.07) is 5.90. The maximum atomic E-state index is 11.7. The van der Waals surface area contributed by atoms with Crippen molar-refractivity contribution < 1.29 is 4.79 Å². The summed E-state index contributed by atoms with van der Waals surface area (Å²) in [7, 11) is 0. The third kappa shape index (κ3) is 2.58. The molecule has 80 valence electrons. The van der Waals surface area contributed by atoms with E-state index in [2.05, 4.69) is 26.6 Å². The van der Waals surface area contributed by atoms with E-state index in [-0.39, 0.29) is 11.8 Å². The first-order valence-corrected chi connectivity index (χ1v) is 5.73. The first kappa shape index (κ1) is 10.6. The summed E-state index contributed by atoms with van der Waals surface area (Å²) in [4.78, 5) is 11.7. The van der Waals surface area contributed by atoms with E-state index >= 15 is 0 Å². The van der Waals surface area contributed by atoms with Crippen LogP contribution in [0.1, 0.15) is 5.56 Å². The maximum Gasteiger partial charge on any atom is 0.230 e. The van der Waals surface area contributed by atoms with Gasteiger partial charge < -0.3 is 10.6 Å². The summed E-state index contributed by atoms with van der Waals surface area (Å²) >= 11 is 3.41. The molecule has 1 heterocycles. The molecule has 1 fully saturated rings. The summed E-state index contributed by atoms with van der Waals surface area (Å²) in [5.74, 6) is 0.232. The molecular weight excluding hydrogens is 256 g/mol. The van der Waals surface area contributed by atoms with E-state index in [0.717, 1.165) is 28.8 Å². The normalized spacial score (nSPS) is 15.9. The fraction of sp³-hybridized carbons (Fsp3) is 0.364. The van der Waals surface area contributed by atoms with Crippen LogP contribution in [0.5, 0.6) is 0 Å². The minimum absolute atomic E-state index is 0.103. The zero-order valence-corrected chi connectivity index (χ0v) is 10.1. The minimum atomic E-state index is 0.103. The van der Waals surface area contributed by atoms with Gasteiger partial charge in [-0.05, 0) is 30.7 Å². The van der Waals surface area contributed by atoms with Gasteiger partial charge in [0.25, 0.3) is 0 Å². The first-order valence-electron chi connectivity index (χ1n) is 4.94. The van der Waals surface area contributed by atoms with Gasteiger partial charge in [0.15, 0.2) is 0 Å². The van der Waals surface area contributed by atoms with Crippen molar-refractivity contribution >= 4 is 27.5 Å². The summed E-state index contributed by atoms with van der Waals surface area (Å²) < 4.78 is 0.990. The number of aryl methyl sites for hydroxylation is 1. The molecule has 1 aromatic carbocycles. The van der Waals surface area contributed by atoms with Gasteiger partial charge in [0.2, 0.25) is 5.91 Å². The highest BCUT2D eigenvalue weighted by Crippen LogP contribution is 2.20. The molecule has 0 aliphatic carbocycles. The fourth-order valence-electron chi connectivity index (χ4n) is 1.53. The van der Waals surface area contributed by atoms with Crippen LogP contribution in [0.25, 0.3) is 0 Å². The lowest BCUT2D eigenvalue weighted by atomic mass is 10.0. The smallest absolute Gasteiger partial charge is 0.230 e. The number of rotatable bonds is 2. The lowest BCUT2D eigenvalue weighted by Gasteiger charge is -2.25. The van der Waals surface area contributed by atoms with Gasteiger partial charge in [-0.1, -0.05) is 15.9 Å². The second-order valence-corrected chi connectivity index (χ2v) is 4.78. The van der Waals surface area contributed by atoms with Crippen molar-refractivity contribution in [3.8, 4) is 0 Å². The molecule has 2 rings (SSSR count). The maximum absolute atomic E-state index is 11.7. The van der Waals surface area contributed by atoms with Crippen molar-refractivity contribution in [3.05, 3.63) is 28.2 Å². The Morgan fingerprint density at radius 3 is 2.73 bits per heavy atom. The molecule has 1 aliphatic rings. The molecule has 1 aromatic rings. The number of nitrogens with one attached hydrogen (secondary N) is 2. The largest absolute Gasteiger partial charge is 0.326 e. The number of carbonyl (C=O) groups is 1. The Bertz CT molecular complexity index is 368. The van der Waals surface area contributed by atoms with E-state index in [1.54, 1.807) is 0 Å². The molecule has 15 heavy (non-hydrogen) atoms. The highest BCUT2D eigenvalue weighted by Gasteiger charge is 2.24. The summed E-state index contributed by atoms with van der Waals surface area (Å²) in [5.41, 5.74) is 1.99. The molecule has 0 aromatic heterocycles. The summed E-state index contributed by atoms with van der Waals surface area (Å²) in [6.07, 6.45) is 0. The number of hydrogen-bond acceptors (Lipinski definition) is 2. The lowest BCUT2D eigenvalue weighted by Crippen LogP contribution is -2.48. The van der Waals surface area contributed by atoms with Crippen LogP contribution < -0.4 is 10.6 Å². The first-order chi connectivity index (χ1) is 7.15. The molecule has 1 saturated heterocycles. The third-order valence-electron chi connectivity index (χ3n) is 2.46. The predicted octanol–water partition coefficient (Wildman–Crippen LogP) is 1.92. The predicted molar refractivity (Wildman–Crippen MR) is 63.9 cm³/mol. The Morgan fingerprint density at radius 2 is 2.20 bits per heavy atom. The molecule has 0 unspecified atom stereocenters. The molecule has 2 N–H and O–H groups in total. The van der Waals surface area contributed by atoms with E-state index in [1.807, 2.05) is 25.1 Å².